The predicted molar refractivity (Wildman–Crippen MR) is 95.6 cm³/mol. The number of carbonyl (C=O) groups excluding carboxylic acids is 1. The van der Waals surface area contributed by atoms with E-state index in [4.69, 9.17) is 4.74 Å². The summed E-state index contributed by atoms with van der Waals surface area (Å²) in [6.45, 7) is 4.07. The van der Waals surface area contributed by atoms with Gasteiger partial charge in [-0.05, 0) is 49.7 Å². The summed E-state index contributed by atoms with van der Waals surface area (Å²) in [6.07, 6.45) is 0. The molecule has 0 saturated carbocycles. The average molecular weight is 355 g/mol. The van der Waals surface area contributed by atoms with Gasteiger partial charge in [-0.3, -0.25) is 4.79 Å². The Hall–Kier alpha value is -2.95. The van der Waals surface area contributed by atoms with Gasteiger partial charge in [-0.15, -0.1) is 0 Å². The highest BCUT2D eigenvalue weighted by Gasteiger charge is 2.17. The van der Waals surface area contributed by atoms with E-state index in [2.05, 4.69) is 0 Å². The van der Waals surface area contributed by atoms with Crippen LogP contribution in [0.4, 0.5) is 8.78 Å². The van der Waals surface area contributed by atoms with E-state index in [1.54, 1.807) is 30.3 Å². The molecule has 0 spiro atoms. The van der Waals surface area contributed by atoms with Gasteiger partial charge in [0, 0.05) is 23.5 Å². The average Bonchev–Trinajstić information content (AvgIpc) is 2.91. The van der Waals surface area contributed by atoms with E-state index in [1.165, 1.54) is 24.3 Å². The van der Waals surface area contributed by atoms with Crippen molar-refractivity contribution >= 4 is 5.78 Å². The zero-order valence-corrected chi connectivity index (χ0v) is 14.6. The van der Waals surface area contributed by atoms with Gasteiger partial charge in [0.1, 0.15) is 5.82 Å². The molecule has 2 aromatic carbocycles. The van der Waals surface area contributed by atoms with Gasteiger partial charge in [0.05, 0.1) is 0 Å². The molecule has 0 N–H and O–H groups in total. The SMILES string of the molecule is Cc1cc(C(=O)COc2ccccc2F)c(C)n1Cc1ccc(F)cc1. The highest BCUT2D eigenvalue weighted by atomic mass is 19.1. The summed E-state index contributed by atoms with van der Waals surface area (Å²) in [7, 11) is 0. The number of nitrogens with zero attached hydrogens (tertiary/aromatic N) is 1. The van der Waals surface area contributed by atoms with Crippen LogP contribution in [-0.4, -0.2) is 17.0 Å². The Bertz CT molecular complexity index is 930. The number of hydrogen-bond acceptors (Lipinski definition) is 2. The summed E-state index contributed by atoms with van der Waals surface area (Å²) in [6, 6.07) is 14.1. The molecule has 3 rings (SSSR count). The minimum atomic E-state index is -0.498. The highest BCUT2D eigenvalue weighted by Crippen LogP contribution is 2.20. The smallest absolute Gasteiger partial charge is 0.202 e. The maximum absolute atomic E-state index is 13.6. The number of Topliss-reactive ketones (excluding diaryl/α,β-unsaturated/α-hetero) is 1. The van der Waals surface area contributed by atoms with Gasteiger partial charge in [0.25, 0.3) is 0 Å². The predicted octanol–water partition coefficient (Wildman–Crippen LogP) is 4.69. The number of rotatable bonds is 6. The van der Waals surface area contributed by atoms with Crippen molar-refractivity contribution in [2.75, 3.05) is 6.61 Å². The van der Waals surface area contributed by atoms with Crippen LogP contribution in [0.5, 0.6) is 5.75 Å². The Morgan fingerprint density at radius 2 is 1.73 bits per heavy atom. The first-order valence-corrected chi connectivity index (χ1v) is 8.27. The summed E-state index contributed by atoms with van der Waals surface area (Å²) < 4.78 is 34.0. The maximum atomic E-state index is 13.6. The van der Waals surface area contributed by atoms with Crippen molar-refractivity contribution in [3.63, 3.8) is 0 Å². The second kappa shape index (κ2) is 7.52. The highest BCUT2D eigenvalue weighted by molar-refractivity contribution is 5.98. The van der Waals surface area contributed by atoms with E-state index in [0.717, 1.165) is 17.0 Å². The van der Waals surface area contributed by atoms with Crippen LogP contribution < -0.4 is 4.74 Å². The lowest BCUT2D eigenvalue weighted by Crippen LogP contribution is -2.13. The van der Waals surface area contributed by atoms with Crippen molar-refractivity contribution < 1.29 is 18.3 Å². The van der Waals surface area contributed by atoms with Crippen molar-refractivity contribution in [1.82, 2.24) is 4.57 Å². The number of para-hydroxylation sites is 1. The van der Waals surface area contributed by atoms with E-state index in [9.17, 15) is 13.6 Å². The Labute approximate surface area is 150 Å². The van der Waals surface area contributed by atoms with E-state index < -0.39 is 5.82 Å². The second-order valence-corrected chi connectivity index (χ2v) is 6.14. The van der Waals surface area contributed by atoms with Gasteiger partial charge < -0.3 is 9.30 Å². The lowest BCUT2D eigenvalue weighted by molar-refractivity contribution is 0.0918. The third kappa shape index (κ3) is 3.82. The van der Waals surface area contributed by atoms with Crippen molar-refractivity contribution in [1.29, 1.82) is 0 Å². The first-order chi connectivity index (χ1) is 12.5. The number of hydrogen-bond donors (Lipinski definition) is 0. The second-order valence-electron chi connectivity index (χ2n) is 6.14. The Kier molecular flexibility index (Phi) is 5.16. The summed E-state index contributed by atoms with van der Waals surface area (Å²) in [5.41, 5.74) is 3.20. The molecule has 5 heteroatoms. The normalized spacial score (nSPS) is 10.8. The van der Waals surface area contributed by atoms with Crippen molar-refractivity contribution in [2.45, 2.75) is 20.4 Å². The molecule has 3 aromatic rings. The standard InChI is InChI=1S/C21H19F2NO2/c1-14-11-18(20(25)13-26-21-6-4-3-5-19(21)23)15(2)24(14)12-16-7-9-17(22)10-8-16/h3-11H,12-13H2,1-2H3. The minimum Gasteiger partial charge on any atom is -0.482 e. The van der Waals surface area contributed by atoms with Crippen LogP contribution in [0.1, 0.15) is 27.3 Å². The maximum Gasteiger partial charge on any atom is 0.202 e. The summed E-state index contributed by atoms with van der Waals surface area (Å²) in [5, 5.41) is 0. The molecule has 0 aliphatic carbocycles. The fraction of sp³-hybridized carbons (Fsp3) is 0.190. The van der Waals surface area contributed by atoms with Crippen LogP contribution in [0, 0.1) is 25.5 Å². The van der Waals surface area contributed by atoms with E-state index in [1.807, 2.05) is 18.4 Å². The molecule has 0 atom stereocenters. The molecule has 0 radical (unpaired) electrons. The molecule has 26 heavy (non-hydrogen) atoms. The zero-order valence-electron chi connectivity index (χ0n) is 14.6. The van der Waals surface area contributed by atoms with E-state index in [-0.39, 0.29) is 24.0 Å². The number of ether oxygens (including phenoxy) is 1. The number of carbonyl (C=O) groups is 1. The molecule has 0 bridgehead atoms. The number of aromatic nitrogens is 1. The molecular formula is C21H19F2NO2. The molecule has 0 fully saturated rings. The summed E-state index contributed by atoms with van der Waals surface area (Å²) in [5.74, 6) is -0.939. The third-order valence-corrected chi connectivity index (χ3v) is 4.32. The Morgan fingerprint density at radius 1 is 1.04 bits per heavy atom. The largest absolute Gasteiger partial charge is 0.482 e. The van der Waals surface area contributed by atoms with Crippen molar-refractivity contribution in [3.8, 4) is 5.75 Å². The quantitative estimate of drug-likeness (QED) is 0.601. The number of aryl methyl sites for hydroxylation is 1. The lowest BCUT2D eigenvalue weighted by atomic mass is 10.1. The molecule has 0 unspecified atom stereocenters. The summed E-state index contributed by atoms with van der Waals surface area (Å²) in [4.78, 5) is 12.5. The van der Waals surface area contributed by atoms with Crippen LogP contribution in [0.3, 0.4) is 0 Å². The van der Waals surface area contributed by atoms with Crippen LogP contribution in [0.15, 0.2) is 54.6 Å². The molecule has 134 valence electrons. The fourth-order valence-corrected chi connectivity index (χ4v) is 2.88. The van der Waals surface area contributed by atoms with Gasteiger partial charge in [0.15, 0.2) is 18.2 Å². The van der Waals surface area contributed by atoms with Crippen LogP contribution >= 0.6 is 0 Å². The number of ketones is 1. The van der Waals surface area contributed by atoms with E-state index in [0.29, 0.717) is 12.1 Å². The first kappa shape index (κ1) is 17.9. The Morgan fingerprint density at radius 3 is 2.42 bits per heavy atom. The monoisotopic (exact) mass is 355 g/mol. The zero-order chi connectivity index (χ0) is 18.7. The Balaban J connectivity index is 1.75. The van der Waals surface area contributed by atoms with Gasteiger partial charge in [-0.2, -0.15) is 0 Å². The molecule has 0 saturated heterocycles. The van der Waals surface area contributed by atoms with Crippen LogP contribution in [-0.2, 0) is 6.54 Å². The van der Waals surface area contributed by atoms with Crippen LogP contribution in [0.2, 0.25) is 0 Å². The molecular weight excluding hydrogens is 336 g/mol. The topological polar surface area (TPSA) is 31.2 Å². The molecule has 1 aromatic heterocycles. The summed E-state index contributed by atoms with van der Waals surface area (Å²) >= 11 is 0. The van der Waals surface area contributed by atoms with E-state index >= 15 is 0 Å². The number of halogens is 2. The number of benzene rings is 2. The fourth-order valence-electron chi connectivity index (χ4n) is 2.88. The molecule has 1 heterocycles. The molecule has 0 aliphatic heterocycles. The van der Waals surface area contributed by atoms with Crippen LogP contribution in [0.25, 0.3) is 0 Å². The molecule has 0 amide bonds. The molecule has 0 aliphatic rings. The van der Waals surface area contributed by atoms with Gasteiger partial charge in [-0.25, -0.2) is 8.78 Å². The minimum absolute atomic E-state index is 0.0565. The van der Waals surface area contributed by atoms with Gasteiger partial charge >= 0.3 is 0 Å². The third-order valence-electron chi connectivity index (χ3n) is 4.32. The van der Waals surface area contributed by atoms with Crippen molar-refractivity contribution in [3.05, 3.63) is 88.7 Å². The van der Waals surface area contributed by atoms with Gasteiger partial charge in [-0.1, -0.05) is 24.3 Å². The van der Waals surface area contributed by atoms with Gasteiger partial charge in [0.2, 0.25) is 5.78 Å². The lowest BCUT2D eigenvalue weighted by Gasteiger charge is -2.10. The van der Waals surface area contributed by atoms with Crippen molar-refractivity contribution in [2.24, 2.45) is 0 Å². The molecule has 3 nitrogen and oxygen atoms in total. The first-order valence-electron chi connectivity index (χ1n) is 8.27.